The van der Waals surface area contributed by atoms with Gasteiger partial charge in [-0.1, -0.05) is 30.3 Å². The fraction of sp³-hybridized carbons (Fsp3) is 0.400. The molecule has 1 aliphatic heterocycles. The Morgan fingerprint density at radius 1 is 0.966 bits per heavy atom. The second-order valence-electron chi connectivity index (χ2n) is 7.46. The van der Waals surface area contributed by atoms with E-state index in [0.717, 1.165) is 17.5 Å². The second kappa shape index (κ2) is 7.81. The van der Waals surface area contributed by atoms with Gasteiger partial charge in [-0.05, 0) is 47.2 Å². The van der Waals surface area contributed by atoms with E-state index in [1.54, 1.807) is 6.07 Å². The van der Waals surface area contributed by atoms with Gasteiger partial charge in [-0.15, -0.1) is 0 Å². The van der Waals surface area contributed by atoms with Crippen molar-refractivity contribution in [2.75, 3.05) is 6.16 Å². The molecule has 1 saturated heterocycles. The van der Waals surface area contributed by atoms with Crippen LogP contribution >= 0.6 is 7.60 Å². The first-order valence-corrected chi connectivity index (χ1v) is 11.1. The Hall–Kier alpha value is -1.77. The molecule has 0 spiro atoms. The molecular formula is C20H23O8P. The molecule has 2 aromatic rings. The Labute approximate surface area is 167 Å². The van der Waals surface area contributed by atoms with Crippen LogP contribution in [0.5, 0.6) is 5.75 Å². The first-order chi connectivity index (χ1) is 13.7. The smallest absolute Gasteiger partial charge is 0.325 e. The van der Waals surface area contributed by atoms with Crippen molar-refractivity contribution >= 4 is 7.60 Å². The average molecular weight is 422 g/mol. The number of ether oxygens (including phenoxy) is 2. The molecule has 0 aromatic heterocycles. The van der Waals surface area contributed by atoms with Crippen LogP contribution in [-0.2, 0) is 15.7 Å². The lowest BCUT2D eigenvalue weighted by Gasteiger charge is -2.40. The fourth-order valence-corrected chi connectivity index (χ4v) is 4.47. The molecule has 1 aliphatic carbocycles. The molecule has 9 heteroatoms. The van der Waals surface area contributed by atoms with Gasteiger partial charge in [0.15, 0.2) is 0 Å². The molecule has 1 heterocycles. The van der Waals surface area contributed by atoms with Gasteiger partial charge in [0, 0.05) is 0 Å². The third-order valence-corrected chi connectivity index (χ3v) is 6.23. The first-order valence-electron chi connectivity index (χ1n) is 9.35. The minimum Gasteiger partial charge on any atom is -0.462 e. The van der Waals surface area contributed by atoms with Gasteiger partial charge < -0.3 is 34.6 Å². The van der Waals surface area contributed by atoms with Crippen molar-refractivity contribution < 1.29 is 39.1 Å². The summed E-state index contributed by atoms with van der Waals surface area (Å²) in [4.78, 5) is 18.1. The van der Waals surface area contributed by atoms with E-state index >= 15 is 0 Å². The SMILES string of the molecule is O=P(O)(O)CC[C@H]1O[C@H](Oc2ccc3c(c2)Cc2ccccc2-3)[C@@H](O)[C@@H](O)[C@@H]1O. The molecule has 1 fully saturated rings. The van der Waals surface area contributed by atoms with Gasteiger partial charge in [-0.25, -0.2) is 0 Å². The van der Waals surface area contributed by atoms with Crippen LogP contribution in [0.1, 0.15) is 17.5 Å². The van der Waals surface area contributed by atoms with Crippen molar-refractivity contribution in [1.82, 2.24) is 0 Å². The van der Waals surface area contributed by atoms with Crippen molar-refractivity contribution in [3.8, 4) is 16.9 Å². The lowest BCUT2D eigenvalue weighted by molar-refractivity contribution is -0.272. The number of aliphatic hydroxyl groups is 3. The summed E-state index contributed by atoms with van der Waals surface area (Å²) in [5.41, 5.74) is 4.55. The maximum atomic E-state index is 11.1. The van der Waals surface area contributed by atoms with E-state index in [0.29, 0.717) is 5.75 Å². The summed E-state index contributed by atoms with van der Waals surface area (Å²) >= 11 is 0. The molecular weight excluding hydrogens is 399 g/mol. The van der Waals surface area contributed by atoms with Crippen LogP contribution in [0.4, 0.5) is 0 Å². The standard InChI is InChI=1S/C20H23O8P/c21-17-16(7-8-29(24,25)26)28-20(19(23)18(17)22)27-13-5-6-15-12(10-13)9-11-3-1-2-4-14(11)15/h1-6,10,16-23H,7-9H2,(H2,24,25,26)/t16-,17-,18+,19+,20+/m1/s1. The molecule has 156 valence electrons. The summed E-state index contributed by atoms with van der Waals surface area (Å²) in [6.45, 7) is 0. The van der Waals surface area contributed by atoms with Crippen LogP contribution < -0.4 is 4.74 Å². The van der Waals surface area contributed by atoms with Crippen LogP contribution in [0.15, 0.2) is 42.5 Å². The third-order valence-electron chi connectivity index (χ3n) is 5.39. The topological polar surface area (TPSA) is 137 Å². The Bertz CT molecular complexity index is 942. The average Bonchev–Trinajstić information content (AvgIpc) is 3.04. The van der Waals surface area contributed by atoms with E-state index < -0.39 is 44.5 Å². The van der Waals surface area contributed by atoms with Crippen LogP contribution in [-0.4, -0.2) is 62.0 Å². The lowest BCUT2D eigenvalue weighted by Crippen LogP contribution is -2.59. The van der Waals surface area contributed by atoms with Crippen molar-refractivity contribution in [3.05, 3.63) is 53.6 Å². The summed E-state index contributed by atoms with van der Waals surface area (Å²) in [5, 5.41) is 30.4. The van der Waals surface area contributed by atoms with E-state index in [1.807, 2.05) is 24.3 Å². The monoisotopic (exact) mass is 422 g/mol. The van der Waals surface area contributed by atoms with E-state index in [2.05, 4.69) is 12.1 Å². The van der Waals surface area contributed by atoms with Crippen molar-refractivity contribution in [1.29, 1.82) is 0 Å². The number of benzene rings is 2. The van der Waals surface area contributed by atoms with Gasteiger partial charge in [-0.3, -0.25) is 4.57 Å². The summed E-state index contributed by atoms with van der Waals surface area (Å²) in [5.74, 6) is 0.429. The Morgan fingerprint density at radius 2 is 1.69 bits per heavy atom. The molecule has 0 radical (unpaired) electrons. The predicted octanol–water partition coefficient (Wildman–Crippen LogP) is 1.01. The molecule has 5 atom stereocenters. The third kappa shape index (κ3) is 4.25. The lowest BCUT2D eigenvalue weighted by atomic mass is 9.97. The predicted molar refractivity (Wildman–Crippen MR) is 104 cm³/mol. The van der Waals surface area contributed by atoms with Crippen LogP contribution in [0.25, 0.3) is 11.1 Å². The highest BCUT2D eigenvalue weighted by Crippen LogP contribution is 2.39. The van der Waals surface area contributed by atoms with Gasteiger partial charge in [0.25, 0.3) is 0 Å². The second-order valence-corrected chi connectivity index (χ2v) is 9.24. The van der Waals surface area contributed by atoms with E-state index in [-0.39, 0.29) is 6.42 Å². The zero-order valence-corrected chi connectivity index (χ0v) is 16.4. The number of hydrogen-bond acceptors (Lipinski definition) is 6. The van der Waals surface area contributed by atoms with Crippen LogP contribution in [0, 0.1) is 0 Å². The molecule has 0 unspecified atom stereocenters. The Balaban J connectivity index is 1.49. The van der Waals surface area contributed by atoms with Gasteiger partial charge in [0.05, 0.1) is 12.3 Å². The first kappa shape index (κ1) is 20.5. The van der Waals surface area contributed by atoms with Crippen molar-refractivity contribution in [2.45, 2.75) is 43.5 Å². The molecule has 2 aliphatic rings. The highest BCUT2D eigenvalue weighted by atomic mass is 31.2. The maximum absolute atomic E-state index is 11.1. The number of rotatable bonds is 5. The van der Waals surface area contributed by atoms with Gasteiger partial charge in [0.2, 0.25) is 6.29 Å². The number of aliphatic hydroxyl groups excluding tert-OH is 3. The molecule has 5 N–H and O–H groups in total. The highest BCUT2D eigenvalue weighted by Gasteiger charge is 2.45. The molecule has 0 bridgehead atoms. The quantitative estimate of drug-likeness (QED) is 0.385. The number of fused-ring (bicyclic) bond motifs is 3. The maximum Gasteiger partial charge on any atom is 0.325 e. The Kier molecular flexibility index (Phi) is 5.52. The molecule has 8 nitrogen and oxygen atoms in total. The fourth-order valence-electron chi connectivity index (χ4n) is 3.88. The van der Waals surface area contributed by atoms with Crippen LogP contribution in [0.3, 0.4) is 0 Å². The number of hydrogen-bond donors (Lipinski definition) is 5. The largest absolute Gasteiger partial charge is 0.462 e. The molecule has 0 amide bonds. The molecule has 4 rings (SSSR count). The summed E-state index contributed by atoms with van der Waals surface area (Å²) in [6.07, 6.45) is -6.86. The normalized spacial score (nSPS) is 28.7. The van der Waals surface area contributed by atoms with E-state index in [4.69, 9.17) is 19.3 Å². The highest BCUT2D eigenvalue weighted by molar-refractivity contribution is 7.51. The summed E-state index contributed by atoms with van der Waals surface area (Å²) in [7, 11) is -4.29. The molecule has 2 aromatic carbocycles. The summed E-state index contributed by atoms with van der Waals surface area (Å²) < 4.78 is 22.4. The van der Waals surface area contributed by atoms with Gasteiger partial charge in [0.1, 0.15) is 24.1 Å². The van der Waals surface area contributed by atoms with Gasteiger partial charge in [-0.2, -0.15) is 0 Å². The molecule has 29 heavy (non-hydrogen) atoms. The summed E-state index contributed by atoms with van der Waals surface area (Å²) in [6, 6.07) is 13.6. The molecule has 0 saturated carbocycles. The zero-order chi connectivity index (χ0) is 20.8. The Morgan fingerprint density at radius 3 is 2.45 bits per heavy atom. The van der Waals surface area contributed by atoms with Crippen molar-refractivity contribution in [2.24, 2.45) is 0 Å². The van der Waals surface area contributed by atoms with E-state index in [9.17, 15) is 19.9 Å². The minimum absolute atomic E-state index is 0.186. The van der Waals surface area contributed by atoms with Gasteiger partial charge >= 0.3 is 7.60 Å². The van der Waals surface area contributed by atoms with Crippen molar-refractivity contribution in [3.63, 3.8) is 0 Å². The minimum atomic E-state index is -4.29. The van der Waals surface area contributed by atoms with Crippen LogP contribution in [0.2, 0.25) is 0 Å². The van der Waals surface area contributed by atoms with E-state index in [1.165, 1.54) is 11.1 Å². The zero-order valence-electron chi connectivity index (χ0n) is 15.5.